The van der Waals surface area contributed by atoms with Gasteiger partial charge >= 0.3 is 12.1 Å². The zero-order valence-electron chi connectivity index (χ0n) is 12.5. The van der Waals surface area contributed by atoms with Gasteiger partial charge in [0, 0.05) is 18.2 Å². The summed E-state index contributed by atoms with van der Waals surface area (Å²) in [6.45, 7) is 1.31. The molecule has 1 fully saturated rings. The first-order valence-electron chi connectivity index (χ1n) is 7.08. The number of carbonyl (C=O) groups excluding carboxylic acids is 1. The second-order valence-electron chi connectivity index (χ2n) is 5.21. The molecule has 1 aromatic carbocycles. The van der Waals surface area contributed by atoms with Crippen molar-refractivity contribution in [3.63, 3.8) is 0 Å². The fourth-order valence-corrected chi connectivity index (χ4v) is 2.62. The van der Waals surface area contributed by atoms with Gasteiger partial charge in [-0.3, -0.25) is 10.1 Å². The zero-order chi connectivity index (χ0) is 18.1. The summed E-state index contributed by atoms with van der Waals surface area (Å²) in [5.41, 5.74) is -2.67. The minimum absolute atomic E-state index is 0.0498. The molecule has 6 nitrogen and oxygen atoms in total. The first-order chi connectivity index (χ1) is 11.1. The number of nitro benzene ring substituents is 1. The molecule has 0 aliphatic carbocycles. The average Bonchev–Trinajstić information content (AvgIpc) is 2.88. The zero-order valence-corrected chi connectivity index (χ0v) is 12.5. The van der Waals surface area contributed by atoms with E-state index in [1.807, 2.05) is 0 Å². The Labute approximate surface area is 134 Å². The summed E-state index contributed by atoms with van der Waals surface area (Å²) >= 11 is 0. The third kappa shape index (κ3) is 3.57. The Balaban J connectivity index is 2.43. The summed E-state index contributed by atoms with van der Waals surface area (Å²) in [5.74, 6) is -0.746. The highest BCUT2D eigenvalue weighted by atomic mass is 19.4. The van der Waals surface area contributed by atoms with E-state index < -0.39 is 40.5 Å². The Kier molecular flexibility index (Phi) is 4.95. The van der Waals surface area contributed by atoms with Crippen molar-refractivity contribution in [1.29, 1.82) is 0 Å². The lowest BCUT2D eigenvalue weighted by atomic mass is 10.1. The molecular formula is C14H14F4N2O4. The van der Waals surface area contributed by atoms with Gasteiger partial charge in [0.25, 0.3) is 5.69 Å². The first-order valence-corrected chi connectivity index (χ1v) is 7.08. The van der Waals surface area contributed by atoms with Crippen molar-refractivity contribution in [3.05, 3.63) is 33.9 Å². The maximum atomic E-state index is 13.7. The minimum atomic E-state index is -4.95. The second kappa shape index (κ2) is 6.62. The third-order valence-corrected chi connectivity index (χ3v) is 3.62. The average molecular weight is 350 g/mol. The summed E-state index contributed by atoms with van der Waals surface area (Å²) in [4.78, 5) is 22.6. The minimum Gasteiger partial charge on any atom is -0.464 e. The van der Waals surface area contributed by atoms with E-state index in [0.29, 0.717) is 12.1 Å². The maximum Gasteiger partial charge on any atom is 0.423 e. The standard InChI is InChI=1S/C14H14F4N2O4/c1-2-24-13(21)12-5-8(15)7-19(12)9-3-4-11(20(22)23)10(6-9)14(16,17)18/h3-4,6,8,12H,2,5,7H2,1H3. The Morgan fingerprint density at radius 3 is 2.67 bits per heavy atom. The number of nitro groups is 1. The van der Waals surface area contributed by atoms with E-state index in [1.54, 1.807) is 6.92 Å². The van der Waals surface area contributed by atoms with Gasteiger partial charge in [-0.2, -0.15) is 13.2 Å². The van der Waals surface area contributed by atoms with Crippen molar-refractivity contribution < 1.29 is 32.0 Å². The Bertz CT molecular complexity index is 650. The van der Waals surface area contributed by atoms with Crippen LogP contribution in [0.3, 0.4) is 0 Å². The van der Waals surface area contributed by atoms with Gasteiger partial charge in [0.15, 0.2) is 0 Å². The summed E-state index contributed by atoms with van der Waals surface area (Å²) in [5, 5.41) is 10.8. The maximum absolute atomic E-state index is 13.7. The first kappa shape index (κ1) is 18.0. The number of carbonyl (C=O) groups is 1. The van der Waals surface area contributed by atoms with Crippen LogP contribution in [-0.4, -0.2) is 36.3 Å². The SMILES string of the molecule is CCOC(=O)C1CC(F)CN1c1ccc([N+](=O)[O-])c(C(F)(F)F)c1. The summed E-state index contributed by atoms with van der Waals surface area (Å²) in [6.07, 6.45) is -6.58. The summed E-state index contributed by atoms with van der Waals surface area (Å²) in [7, 11) is 0. The molecule has 1 saturated heterocycles. The van der Waals surface area contributed by atoms with Crippen molar-refractivity contribution in [2.45, 2.75) is 31.7 Å². The molecule has 1 aliphatic heterocycles. The quantitative estimate of drug-likeness (QED) is 0.361. The Morgan fingerprint density at radius 1 is 1.46 bits per heavy atom. The number of benzene rings is 1. The van der Waals surface area contributed by atoms with E-state index in [4.69, 9.17) is 4.74 Å². The molecule has 24 heavy (non-hydrogen) atoms. The number of ether oxygens (including phenoxy) is 1. The predicted octanol–water partition coefficient (Wildman–Crippen LogP) is 3.09. The van der Waals surface area contributed by atoms with Crippen molar-refractivity contribution in [2.24, 2.45) is 0 Å². The van der Waals surface area contributed by atoms with Crippen LogP contribution in [0.4, 0.5) is 28.9 Å². The van der Waals surface area contributed by atoms with Gasteiger partial charge in [-0.15, -0.1) is 0 Å². The molecule has 1 heterocycles. The molecule has 0 N–H and O–H groups in total. The summed E-state index contributed by atoms with van der Waals surface area (Å²) < 4.78 is 57.6. The van der Waals surface area contributed by atoms with Crippen LogP contribution in [0.5, 0.6) is 0 Å². The van der Waals surface area contributed by atoms with Gasteiger partial charge in [-0.1, -0.05) is 0 Å². The number of nitrogens with zero attached hydrogens (tertiary/aromatic N) is 2. The highest BCUT2D eigenvalue weighted by Gasteiger charge is 2.42. The van der Waals surface area contributed by atoms with Crippen molar-refractivity contribution in [2.75, 3.05) is 18.1 Å². The molecule has 10 heteroatoms. The number of hydrogen-bond acceptors (Lipinski definition) is 5. The Morgan fingerprint density at radius 2 is 2.12 bits per heavy atom. The van der Waals surface area contributed by atoms with Crippen LogP contribution in [0.1, 0.15) is 18.9 Å². The van der Waals surface area contributed by atoms with Crippen LogP contribution in [0.2, 0.25) is 0 Å². The molecule has 2 rings (SSSR count). The number of halogens is 4. The number of hydrogen-bond donors (Lipinski definition) is 0. The molecule has 0 saturated carbocycles. The largest absolute Gasteiger partial charge is 0.464 e. The van der Waals surface area contributed by atoms with Crippen LogP contribution in [-0.2, 0) is 15.7 Å². The van der Waals surface area contributed by atoms with E-state index >= 15 is 0 Å². The van der Waals surface area contributed by atoms with Gasteiger partial charge in [0.1, 0.15) is 17.8 Å². The normalized spacial score (nSPS) is 21.0. The lowest BCUT2D eigenvalue weighted by Gasteiger charge is -2.25. The summed E-state index contributed by atoms with van der Waals surface area (Å²) in [6, 6.07) is 1.26. The molecule has 132 valence electrons. The van der Waals surface area contributed by atoms with Crippen molar-refractivity contribution >= 4 is 17.3 Å². The van der Waals surface area contributed by atoms with E-state index in [9.17, 15) is 32.5 Å². The lowest BCUT2D eigenvalue weighted by molar-refractivity contribution is -0.388. The van der Waals surface area contributed by atoms with Crippen LogP contribution in [0.25, 0.3) is 0 Å². The molecule has 2 unspecified atom stereocenters. The highest BCUT2D eigenvalue weighted by molar-refractivity contribution is 5.81. The van der Waals surface area contributed by atoms with E-state index in [0.717, 1.165) is 11.0 Å². The third-order valence-electron chi connectivity index (χ3n) is 3.62. The lowest BCUT2D eigenvalue weighted by Crippen LogP contribution is -2.37. The number of esters is 1. The van der Waals surface area contributed by atoms with Gasteiger partial charge in [0.2, 0.25) is 0 Å². The van der Waals surface area contributed by atoms with E-state index in [2.05, 4.69) is 0 Å². The van der Waals surface area contributed by atoms with Gasteiger partial charge in [0.05, 0.1) is 18.1 Å². The molecule has 0 spiro atoms. The van der Waals surface area contributed by atoms with Crippen LogP contribution < -0.4 is 4.90 Å². The fourth-order valence-electron chi connectivity index (χ4n) is 2.62. The fraction of sp³-hybridized carbons (Fsp3) is 0.500. The monoisotopic (exact) mass is 350 g/mol. The molecule has 0 aromatic heterocycles. The number of anilines is 1. The predicted molar refractivity (Wildman–Crippen MR) is 75.4 cm³/mol. The smallest absolute Gasteiger partial charge is 0.423 e. The molecule has 0 bridgehead atoms. The molecule has 0 amide bonds. The van der Waals surface area contributed by atoms with Crippen molar-refractivity contribution in [1.82, 2.24) is 0 Å². The van der Waals surface area contributed by atoms with Gasteiger partial charge in [-0.05, 0) is 19.1 Å². The van der Waals surface area contributed by atoms with Gasteiger partial charge in [-0.25, -0.2) is 9.18 Å². The molecule has 2 atom stereocenters. The van der Waals surface area contributed by atoms with E-state index in [-0.39, 0.29) is 25.3 Å². The topological polar surface area (TPSA) is 72.7 Å². The highest BCUT2D eigenvalue weighted by Crippen LogP contribution is 2.39. The molecule has 1 aromatic rings. The van der Waals surface area contributed by atoms with Crippen LogP contribution >= 0.6 is 0 Å². The Hall–Kier alpha value is -2.39. The number of alkyl halides is 4. The second-order valence-corrected chi connectivity index (χ2v) is 5.21. The van der Waals surface area contributed by atoms with Gasteiger partial charge < -0.3 is 9.64 Å². The van der Waals surface area contributed by atoms with Crippen molar-refractivity contribution in [3.8, 4) is 0 Å². The number of rotatable bonds is 4. The molecule has 1 aliphatic rings. The van der Waals surface area contributed by atoms with E-state index in [1.165, 1.54) is 0 Å². The van der Waals surface area contributed by atoms with Crippen LogP contribution in [0, 0.1) is 10.1 Å². The molecule has 0 radical (unpaired) electrons. The van der Waals surface area contributed by atoms with Crippen LogP contribution in [0.15, 0.2) is 18.2 Å². The molecular weight excluding hydrogens is 336 g/mol.